The number of hydrogen-bond acceptors (Lipinski definition) is 4. The lowest BCUT2D eigenvalue weighted by molar-refractivity contribution is -0.148. The van der Waals surface area contributed by atoms with Crippen molar-refractivity contribution in [3.8, 4) is 0 Å². The van der Waals surface area contributed by atoms with Gasteiger partial charge in [0.15, 0.2) is 0 Å². The van der Waals surface area contributed by atoms with E-state index in [0.717, 1.165) is 30.8 Å². The first kappa shape index (κ1) is 14.0. The predicted molar refractivity (Wildman–Crippen MR) is 69.2 cm³/mol. The lowest BCUT2D eigenvalue weighted by Gasteiger charge is -2.31. The van der Waals surface area contributed by atoms with Crippen molar-refractivity contribution in [3.63, 3.8) is 0 Å². The summed E-state index contributed by atoms with van der Waals surface area (Å²) in [6, 6.07) is -0.807. The molecular formula is C13H21N3O3. The zero-order valence-corrected chi connectivity index (χ0v) is 11.5. The standard InChI is InChI=1S/C13H21N3O3/c1-9(12(18)16-7-3-4-8-16)14-10-5-6-11(17)15(2)13(10)19/h9-10,14H,3-8H2,1-2H3. The molecule has 2 unspecified atom stereocenters. The monoisotopic (exact) mass is 267 g/mol. The third-order valence-corrected chi connectivity index (χ3v) is 3.89. The molecule has 6 nitrogen and oxygen atoms in total. The minimum atomic E-state index is -0.427. The fourth-order valence-corrected chi connectivity index (χ4v) is 2.65. The molecule has 2 heterocycles. The number of nitrogens with zero attached hydrogens (tertiary/aromatic N) is 2. The molecule has 0 bridgehead atoms. The minimum absolute atomic E-state index is 0.0462. The molecule has 0 aliphatic carbocycles. The molecule has 2 fully saturated rings. The van der Waals surface area contributed by atoms with Crippen molar-refractivity contribution >= 4 is 17.7 Å². The van der Waals surface area contributed by atoms with E-state index in [9.17, 15) is 14.4 Å². The molecule has 19 heavy (non-hydrogen) atoms. The second-order valence-electron chi connectivity index (χ2n) is 5.30. The Morgan fingerprint density at radius 3 is 2.58 bits per heavy atom. The van der Waals surface area contributed by atoms with E-state index in [0.29, 0.717) is 12.8 Å². The van der Waals surface area contributed by atoms with Gasteiger partial charge < -0.3 is 4.90 Å². The van der Waals surface area contributed by atoms with Crippen LogP contribution in [0, 0.1) is 0 Å². The highest BCUT2D eigenvalue weighted by Crippen LogP contribution is 2.14. The van der Waals surface area contributed by atoms with Gasteiger partial charge in [-0.25, -0.2) is 0 Å². The van der Waals surface area contributed by atoms with Crippen molar-refractivity contribution in [1.82, 2.24) is 15.1 Å². The quantitative estimate of drug-likeness (QED) is 0.715. The molecule has 2 rings (SSSR count). The van der Waals surface area contributed by atoms with Gasteiger partial charge in [0.25, 0.3) is 0 Å². The number of imide groups is 1. The lowest BCUT2D eigenvalue weighted by atomic mass is 10.0. The molecule has 0 aromatic heterocycles. The maximum atomic E-state index is 12.1. The first-order valence-corrected chi connectivity index (χ1v) is 6.86. The molecule has 0 saturated carbocycles. The van der Waals surface area contributed by atoms with Crippen LogP contribution in [-0.2, 0) is 14.4 Å². The minimum Gasteiger partial charge on any atom is -0.341 e. The van der Waals surface area contributed by atoms with Crippen molar-refractivity contribution in [1.29, 1.82) is 0 Å². The molecule has 3 amide bonds. The van der Waals surface area contributed by atoms with E-state index >= 15 is 0 Å². The first-order chi connectivity index (χ1) is 9.00. The molecule has 1 N–H and O–H groups in total. The number of hydrogen-bond donors (Lipinski definition) is 1. The van der Waals surface area contributed by atoms with E-state index in [1.165, 1.54) is 7.05 Å². The van der Waals surface area contributed by atoms with Crippen LogP contribution < -0.4 is 5.32 Å². The number of rotatable bonds is 3. The van der Waals surface area contributed by atoms with Gasteiger partial charge in [-0.15, -0.1) is 0 Å². The fourth-order valence-electron chi connectivity index (χ4n) is 2.65. The van der Waals surface area contributed by atoms with E-state index in [4.69, 9.17) is 0 Å². The summed E-state index contributed by atoms with van der Waals surface area (Å²) >= 11 is 0. The van der Waals surface area contributed by atoms with Crippen molar-refractivity contribution < 1.29 is 14.4 Å². The average molecular weight is 267 g/mol. The highest BCUT2D eigenvalue weighted by Gasteiger charge is 2.34. The van der Waals surface area contributed by atoms with Gasteiger partial charge in [-0.05, 0) is 26.2 Å². The number of carbonyl (C=O) groups is 3. The Hall–Kier alpha value is -1.43. The van der Waals surface area contributed by atoms with Gasteiger partial charge in [0.1, 0.15) is 0 Å². The van der Waals surface area contributed by atoms with Gasteiger partial charge >= 0.3 is 0 Å². The highest BCUT2D eigenvalue weighted by molar-refractivity contribution is 6.00. The summed E-state index contributed by atoms with van der Waals surface area (Å²) in [4.78, 5) is 38.4. The third-order valence-electron chi connectivity index (χ3n) is 3.89. The SMILES string of the molecule is CC(NC1CCC(=O)N(C)C1=O)C(=O)N1CCCC1. The van der Waals surface area contributed by atoms with E-state index < -0.39 is 6.04 Å². The van der Waals surface area contributed by atoms with Gasteiger partial charge in [-0.3, -0.25) is 24.6 Å². The van der Waals surface area contributed by atoms with E-state index in [1.54, 1.807) is 6.92 Å². The summed E-state index contributed by atoms with van der Waals surface area (Å²) in [6.07, 6.45) is 2.93. The number of amides is 3. The summed E-state index contributed by atoms with van der Waals surface area (Å²) in [5.41, 5.74) is 0. The van der Waals surface area contributed by atoms with Crippen molar-refractivity contribution in [2.75, 3.05) is 20.1 Å². The normalized spacial score (nSPS) is 25.9. The maximum absolute atomic E-state index is 12.1. The van der Waals surface area contributed by atoms with Gasteiger partial charge in [-0.2, -0.15) is 0 Å². The fraction of sp³-hybridized carbons (Fsp3) is 0.769. The van der Waals surface area contributed by atoms with Crippen LogP contribution >= 0.6 is 0 Å². The molecule has 2 atom stereocenters. The zero-order chi connectivity index (χ0) is 14.0. The lowest BCUT2D eigenvalue weighted by Crippen LogP contribution is -2.56. The van der Waals surface area contributed by atoms with Gasteiger partial charge in [-0.1, -0.05) is 0 Å². The van der Waals surface area contributed by atoms with E-state index in [2.05, 4.69) is 5.32 Å². The second-order valence-corrected chi connectivity index (χ2v) is 5.30. The molecule has 6 heteroatoms. The summed E-state index contributed by atoms with van der Waals surface area (Å²) in [5, 5.41) is 3.06. The topological polar surface area (TPSA) is 69.7 Å². The van der Waals surface area contributed by atoms with Crippen LogP contribution in [0.25, 0.3) is 0 Å². The number of carbonyl (C=O) groups excluding carboxylic acids is 3. The van der Waals surface area contributed by atoms with Crippen LogP contribution in [0.15, 0.2) is 0 Å². The van der Waals surface area contributed by atoms with Gasteiger partial charge in [0, 0.05) is 26.6 Å². The number of piperidine rings is 1. The molecule has 106 valence electrons. The second kappa shape index (κ2) is 5.69. The van der Waals surface area contributed by atoms with Crippen LogP contribution in [0.4, 0.5) is 0 Å². The van der Waals surface area contributed by atoms with Crippen LogP contribution in [0.5, 0.6) is 0 Å². The molecule has 0 aromatic carbocycles. The Bertz CT molecular complexity index is 391. The summed E-state index contributed by atoms with van der Waals surface area (Å²) in [7, 11) is 1.49. The number of likely N-dealkylation sites (tertiary alicyclic amines) is 2. The van der Waals surface area contributed by atoms with Gasteiger partial charge in [0.2, 0.25) is 17.7 Å². The summed E-state index contributed by atoms with van der Waals surface area (Å²) in [5.74, 6) is -0.344. The van der Waals surface area contributed by atoms with Crippen molar-refractivity contribution in [2.24, 2.45) is 0 Å². The Kier molecular flexibility index (Phi) is 4.19. The average Bonchev–Trinajstić information content (AvgIpc) is 2.92. The molecule has 2 aliphatic heterocycles. The van der Waals surface area contributed by atoms with Crippen LogP contribution in [0.2, 0.25) is 0 Å². The molecule has 2 aliphatic rings. The largest absolute Gasteiger partial charge is 0.341 e. The molecule has 2 saturated heterocycles. The zero-order valence-electron chi connectivity index (χ0n) is 11.5. The van der Waals surface area contributed by atoms with E-state index in [-0.39, 0.29) is 23.8 Å². The molecule has 0 spiro atoms. The Labute approximate surface area is 113 Å². The Morgan fingerprint density at radius 1 is 1.32 bits per heavy atom. The van der Waals surface area contributed by atoms with Gasteiger partial charge in [0.05, 0.1) is 12.1 Å². The van der Waals surface area contributed by atoms with Crippen molar-refractivity contribution in [3.05, 3.63) is 0 Å². The smallest absolute Gasteiger partial charge is 0.246 e. The first-order valence-electron chi connectivity index (χ1n) is 6.86. The summed E-state index contributed by atoms with van der Waals surface area (Å²) < 4.78 is 0. The molecule has 0 radical (unpaired) electrons. The number of nitrogens with one attached hydrogen (secondary N) is 1. The predicted octanol–water partition coefficient (Wildman–Crippen LogP) is -0.266. The van der Waals surface area contributed by atoms with Crippen LogP contribution in [0.3, 0.4) is 0 Å². The third kappa shape index (κ3) is 2.94. The molecule has 0 aromatic rings. The Balaban J connectivity index is 1.91. The van der Waals surface area contributed by atoms with E-state index in [1.807, 2.05) is 4.90 Å². The maximum Gasteiger partial charge on any atom is 0.246 e. The van der Waals surface area contributed by atoms with Crippen LogP contribution in [0.1, 0.15) is 32.6 Å². The van der Waals surface area contributed by atoms with Crippen molar-refractivity contribution in [2.45, 2.75) is 44.7 Å². The number of likely N-dealkylation sites (N-methyl/N-ethyl adjacent to an activating group) is 1. The van der Waals surface area contributed by atoms with Crippen LogP contribution in [-0.4, -0.2) is 59.7 Å². The Morgan fingerprint density at radius 2 is 1.95 bits per heavy atom. The highest BCUT2D eigenvalue weighted by atomic mass is 16.2. The summed E-state index contributed by atoms with van der Waals surface area (Å²) in [6.45, 7) is 3.40. The molecular weight excluding hydrogens is 246 g/mol.